The van der Waals surface area contributed by atoms with Gasteiger partial charge in [-0.15, -0.1) is 0 Å². The molecular weight excluding hydrogens is 365 g/mol. The van der Waals surface area contributed by atoms with Crippen molar-refractivity contribution in [1.29, 1.82) is 5.26 Å². The Morgan fingerprint density at radius 1 is 1.15 bits per heavy atom. The van der Waals surface area contributed by atoms with E-state index >= 15 is 0 Å². The van der Waals surface area contributed by atoms with Crippen molar-refractivity contribution in [2.75, 3.05) is 0 Å². The van der Waals surface area contributed by atoms with E-state index in [1.54, 1.807) is 18.2 Å². The number of rotatable bonds is 5. The smallest absolute Gasteiger partial charge is 0.345 e. The highest BCUT2D eigenvalue weighted by Gasteiger charge is 2.15. The van der Waals surface area contributed by atoms with Crippen molar-refractivity contribution < 1.29 is 13.9 Å². The van der Waals surface area contributed by atoms with Crippen molar-refractivity contribution in [2.24, 2.45) is 0 Å². The number of nitrogens with zero attached hydrogens (tertiary/aromatic N) is 1. The van der Waals surface area contributed by atoms with E-state index in [4.69, 9.17) is 21.6 Å². The third kappa shape index (κ3) is 4.27. The summed E-state index contributed by atoms with van der Waals surface area (Å²) >= 11 is 6.28. The zero-order valence-electron chi connectivity index (χ0n) is 14.8. The van der Waals surface area contributed by atoms with E-state index in [9.17, 15) is 9.18 Å². The first-order valence-corrected chi connectivity index (χ1v) is 9.03. The van der Waals surface area contributed by atoms with Crippen molar-refractivity contribution in [3.8, 4) is 11.8 Å². The van der Waals surface area contributed by atoms with Gasteiger partial charge >= 0.3 is 5.97 Å². The molecule has 3 rings (SSSR count). The molecular formula is C22H17ClFNO2. The summed E-state index contributed by atoms with van der Waals surface area (Å²) in [5.41, 5.74) is 1.32. The predicted octanol–water partition coefficient (Wildman–Crippen LogP) is 6.07. The Labute approximate surface area is 161 Å². The first-order chi connectivity index (χ1) is 13.0. The summed E-state index contributed by atoms with van der Waals surface area (Å²) in [4.78, 5) is 12.5. The number of carbonyl (C=O) groups excluding carboxylic acids is 1. The van der Waals surface area contributed by atoms with E-state index in [0.29, 0.717) is 0 Å². The second-order valence-electron chi connectivity index (χ2n) is 6.26. The molecule has 0 saturated heterocycles. The molecule has 0 radical (unpaired) electrons. The number of aryl methyl sites for hydroxylation is 1. The lowest BCUT2D eigenvalue weighted by Gasteiger charge is -2.09. The third-order valence-electron chi connectivity index (χ3n) is 4.30. The fourth-order valence-electron chi connectivity index (χ4n) is 2.82. The second kappa shape index (κ2) is 8.20. The Hall–Kier alpha value is -2.90. The molecule has 27 heavy (non-hydrogen) atoms. The van der Waals surface area contributed by atoms with Crippen molar-refractivity contribution >= 4 is 28.3 Å². The van der Waals surface area contributed by atoms with Crippen LogP contribution in [0.2, 0.25) is 5.02 Å². The van der Waals surface area contributed by atoms with Gasteiger partial charge in [0, 0.05) is 6.07 Å². The molecule has 5 heteroatoms. The summed E-state index contributed by atoms with van der Waals surface area (Å²) < 4.78 is 18.9. The lowest BCUT2D eigenvalue weighted by atomic mass is 10.0. The molecule has 0 N–H and O–H groups in total. The minimum Gasteiger partial charge on any atom is -0.423 e. The third-order valence-corrected chi connectivity index (χ3v) is 4.61. The van der Waals surface area contributed by atoms with Crippen LogP contribution in [0.5, 0.6) is 5.75 Å². The Kier molecular flexibility index (Phi) is 5.73. The second-order valence-corrected chi connectivity index (χ2v) is 6.67. The van der Waals surface area contributed by atoms with Crippen molar-refractivity contribution in [2.45, 2.75) is 26.2 Å². The predicted molar refractivity (Wildman–Crippen MR) is 104 cm³/mol. The number of fused-ring (bicyclic) bond motifs is 1. The Bertz CT molecular complexity index is 1060. The number of nitriles is 1. The molecule has 136 valence electrons. The maximum Gasteiger partial charge on any atom is 0.345 e. The number of ether oxygens (including phenoxy) is 1. The number of esters is 1. The lowest BCUT2D eigenvalue weighted by molar-refractivity contribution is 0.0734. The van der Waals surface area contributed by atoms with E-state index in [1.165, 1.54) is 17.7 Å². The normalized spacial score (nSPS) is 10.6. The molecule has 0 atom stereocenters. The lowest BCUT2D eigenvalue weighted by Crippen LogP contribution is -2.09. The van der Waals surface area contributed by atoms with Crippen LogP contribution in [0.4, 0.5) is 4.39 Å². The number of hydrogen-bond acceptors (Lipinski definition) is 3. The van der Waals surface area contributed by atoms with Gasteiger partial charge in [0.05, 0.1) is 16.1 Å². The molecule has 0 spiro atoms. The molecule has 0 aromatic heterocycles. The Morgan fingerprint density at radius 2 is 1.96 bits per heavy atom. The average molecular weight is 382 g/mol. The van der Waals surface area contributed by atoms with Crippen molar-refractivity contribution in [3.05, 3.63) is 76.1 Å². The number of unbranched alkanes of at least 4 members (excludes halogenated alkanes) is 1. The highest BCUT2D eigenvalue weighted by molar-refractivity contribution is 6.34. The minimum absolute atomic E-state index is 0.0163. The van der Waals surface area contributed by atoms with Gasteiger partial charge in [-0.3, -0.25) is 0 Å². The maximum absolute atomic E-state index is 13.7. The van der Waals surface area contributed by atoms with Crippen LogP contribution in [0.25, 0.3) is 10.8 Å². The highest BCUT2D eigenvalue weighted by Crippen LogP contribution is 2.27. The van der Waals surface area contributed by atoms with Gasteiger partial charge in [0.25, 0.3) is 0 Å². The SMILES string of the molecule is CCCCc1ccc2cc(C(=O)Oc3ccc(C#N)c(F)c3)c(Cl)cc2c1. The van der Waals surface area contributed by atoms with Crippen LogP contribution < -0.4 is 4.74 Å². The fraction of sp³-hybridized carbons (Fsp3) is 0.182. The molecule has 0 bridgehead atoms. The molecule has 0 aliphatic rings. The van der Waals surface area contributed by atoms with E-state index in [1.807, 2.05) is 12.1 Å². The van der Waals surface area contributed by atoms with Crippen LogP contribution in [0.3, 0.4) is 0 Å². The van der Waals surface area contributed by atoms with Gasteiger partial charge in [-0.05, 0) is 53.4 Å². The quantitative estimate of drug-likeness (QED) is 0.398. The number of benzene rings is 3. The summed E-state index contributed by atoms with van der Waals surface area (Å²) in [5.74, 6) is -1.41. The van der Waals surface area contributed by atoms with Crippen molar-refractivity contribution in [1.82, 2.24) is 0 Å². The van der Waals surface area contributed by atoms with E-state index in [2.05, 4.69) is 13.0 Å². The fourth-order valence-corrected chi connectivity index (χ4v) is 3.07. The molecule has 3 aromatic carbocycles. The van der Waals surface area contributed by atoms with Crippen LogP contribution in [0.1, 0.15) is 41.3 Å². The maximum atomic E-state index is 13.7. The number of carbonyl (C=O) groups is 1. The van der Waals surface area contributed by atoms with E-state index in [-0.39, 0.29) is 21.9 Å². The van der Waals surface area contributed by atoms with Crippen LogP contribution in [0.15, 0.2) is 48.5 Å². The topological polar surface area (TPSA) is 50.1 Å². The van der Waals surface area contributed by atoms with Gasteiger partial charge in [-0.25, -0.2) is 9.18 Å². The molecule has 3 aromatic rings. The first kappa shape index (κ1) is 18.9. The van der Waals surface area contributed by atoms with Crippen LogP contribution in [0, 0.1) is 17.1 Å². The Balaban J connectivity index is 1.87. The summed E-state index contributed by atoms with van der Waals surface area (Å²) in [6.45, 7) is 2.15. The van der Waals surface area contributed by atoms with Gasteiger partial charge in [-0.2, -0.15) is 5.26 Å². The van der Waals surface area contributed by atoms with Gasteiger partial charge in [-0.1, -0.05) is 43.1 Å². The standard InChI is InChI=1S/C22H17ClFNO2/c1-2-3-4-14-5-6-15-10-19(20(23)11-17(15)9-14)22(26)27-18-8-7-16(13-25)21(24)12-18/h5-12H,2-4H2,1H3. The van der Waals surface area contributed by atoms with Gasteiger partial charge in [0.1, 0.15) is 17.6 Å². The van der Waals surface area contributed by atoms with Gasteiger partial charge in [0.2, 0.25) is 0 Å². The van der Waals surface area contributed by atoms with Crippen LogP contribution in [-0.2, 0) is 6.42 Å². The zero-order valence-corrected chi connectivity index (χ0v) is 15.5. The zero-order chi connectivity index (χ0) is 19.4. The molecule has 0 aliphatic heterocycles. The first-order valence-electron chi connectivity index (χ1n) is 8.66. The summed E-state index contributed by atoms with van der Waals surface area (Å²) in [6.07, 6.45) is 3.24. The monoisotopic (exact) mass is 381 g/mol. The molecule has 3 nitrogen and oxygen atoms in total. The molecule has 0 fully saturated rings. The molecule has 0 unspecified atom stereocenters. The highest BCUT2D eigenvalue weighted by atomic mass is 35.5. The summed E-state index contributed by atoms with van der Waals surface area (Å²) in [7, 11) is 0. The van der Waals surface area contributed by atoms with Crippen molar-refractivity contribution in [3.63, 3.8) is 0 Å². The van der Waals surface area contributed by atoms with Gasteiger partial charge < -0.3 is 4.74 Å². The molecule has 0 saturated carbocycles. The van der Waals surface area contributed by atoms with E-state index < -0.39 is 11.8 Å². The molecule has 0 aliphatic carbocycles. The van der Waals surface area contributed by atoms with Gasteiger partial charge in [0.15, 0.2) is 0 Å². The molecule has 0 heterocycles. The largest absolute Gasteiger partial charge is 0.423 e. The minimum atomic E-state index is -0.744. The van der Waals surface area contributed by atoms with Crippen LogP contribution >= 0.6 is 11.6 Å². The Morgan fingerprint density at radius 3 is 2.67 bits per heavy atom. The van der Waals surface area contributed by atoms with E-state index in [0.717, 1.165) is 36.1 Å². The number of hydrogen-bond donors (Lipinski definition) is 0. The summed E-state index contributed by atoms with van der Waals surface area (Å²) in [6, 6.07) is 14.8. The molecule has 0 amide bonds. The van der Waals surface area contributed by atoms with Crippen LogP contribution in [-0.4, -0.2) is 5.97 Å². The number of halogens is 2. The average Bonchev–Trinajstić information content (AvgIpc) is 2.65. The summed E-state index contributed by atoms with van der Waals surface area (Å²) in [5, 5.41) is 10.9.